The molecule has 2 aliphatic rings. The Hall–Kier alpha value is -0.760. The van der Waals surface area contributed by atoms with Crippen LogP contribution in [0.4, 0.5) is 0 Å². The number of hydrogen-bond acceptors (Lipinski definition) is 2. The molecule has 1 fully saturated rings. The van der Waals surface area contributed by atoms with E-state index in [9.17, 15) is 0 Å². The van der Waals surface area contributed by atoms with Crippen molar-refractivity contribution in [1.82, 2.24) is 5.32 Å². The van der Waals surface area contributed by atoms with E-state index in [-0.39, 0.29) is 5.54 Å². The van der Waals surface area contributed by atoms with Crippen LogP contribution in [0.25, 0.3) is 0 Å². The summed E-state index contributed by atoms with van der Waals surface area (Å²) in [6, 6.07) is 0. The highest BCUT2D eigenvalue weighted by Gasteiger charge is 2.51. The van der Waals surface area contributed by atoms with Crippen LogP contribution in [0.15, 0.2) is 24.6 Å². The molecule has 0 saturated heterocycles. The fraction of sp³-hybridized carbons (Fsp3) is 0.429. The van der Waals surface area contributed by atoms with Crippen LogP contribution in [0, 0.1) is 5.92 Å². The number of fused-ring (bicyclic) bond motifs is 1. The van der Waals surface area contributed by atoms with Gasteiger partial charge in [0, 0.05) is 17.2 Å². The van der Waals surface area contributed by atoms with E-state index in [0.29, 0.717) is 5.92 Å². The highest BCUT2D eigenvalue weighted by molar-refractivity contribution is 5.34. The van der Waals surface area contributed by atoms with Crippen LogP contribution in [0.2, 0.25) is 0 Å². The Morgan fingerprint density at radius 3 is 3.22 bits per heavy atom. The Morgan fingerprint density at radius 2 is 2.67 bits per heavy atom. The number of rotatable bonds is 0. The van der Waals surface area contributed by atoms with Crippen molar-refractivity contribution in [3.8, 4) is 0 Å². The molecule has 48 valence electrons. The molecule has 2 heteroatoms. The average molecular weight is 122 g/mol. The van der Waals surface area contributed by atoms with Gasteiger partial charge in [-0.15, -0.1) is 0 Å². The zero-order valence-corrected chi connectivity index (χ0v) is 5.22. The van der Waals surface area contributed by atoms with Gasteiger partial charge in [0.2, 0.25) is 0 Å². The molecule has 0 amide bonds. The second kappa shape index (κ2) is 1.21. The van der Waals surface area contributed by atoms with Crippen molar-refractivity contribution in [2.45, 2.75) is 12.0 Å². The number of nitrogens with two attached hydrogens (primary N) is 1. The van der Waals surface area contributed by atoms with Gasteiger partial charge in [0.05, 0.1) is 0 Å². The van der Waals surface area contributed by atoms with Crippen LogP contribution in [-0.2, 0) is 0 Å². The van der Waals surface area contributed by atoms with Gasteiger partial charge in [0.25, 0.3) is 0 Å². The molecule has 1 saturated carbocycles. The minimum Gasteiger partial charge on any atom is -0.365 e. The fourth-order valence-electron chi connectivity index (χ4n) is 1.33. The van der Waals surface area contributed by atoms with Gasteiger partial charge in [-0.3, -0.25) is 0 Å². The summed E-state index contributed by atoms with van der Waals surface area (Å²) in [6.07, 6.45) is 4.97. The molecule has 0 spiro atoms. The Balaban J connectivity index is 2.31. The van der Waals surface area contributed by atoms with Gasteiger partial charge in [-0.25, -0.2) is 0 Å². The van der Waals surface area contributed by atoms with Crippen LogP contribution in [0.1, 0.15) is 6.42 Å². The lowest BCUT2D eigenvalue weighted by molar-refractivity contribution is 0.712. The highest BCUT2D eigenvalue weighted by Crippen LogP contribution is 2.47. The summed E-state index contributed by atoms with van der Waals surface area (Å²) < 4.78 is 0. The van der Waals surface area contributed by atoms with Crippen molar-refractivity contribution in [2.75, 3.05) is 0 Å². The van der Waals surface area contributed by atoms with Crippen molar-refractivity contribution < 1.29 is 0 Å². The molecular weight excluding hydrogens is 112 g/mol. The van der Waals surface area contributed by atoms with E-state index < -0.39 is 0 Å². The van der Waals surface area contributed by atoms with Crippen molar-refractivity contribution in [3.63, 3.8) is 0 Å². The summed E-state index contributed by atoms with van der Waals surface area (Å²) in [5.41, 5.74) is 6.90. The normalized spacial score (nSPS) is 45.9. The molecule has 9 heavy (non-hydrogen) atoms. The summed E-state index contributed by atoms with van der Waals surface area (Å²) in [5.74, 6) is 0.502. The van der Waals surface area contributed by atoms with Gasteiger partial charge >= 0.3 is 0 Å². The smallest absolute Gasteiger partial charge is 0.0447 e. The lowest BCUT2D eigenvalue weighted by Crippen LogP contribution is -2.28. The zero-order valence-electron chi connectivity index (χ0n) is 5.22. The monoisotopic (exact) mass is 122 g/mol. The quantitative estimate of drug-likeness (QED) is 0.486. The molecule has 0 aromatic carbocycles. The molecule has 2 atom stereocenters. The molecule has 2 unspecified atom stereocenters. The number of nitrogens with one attached hydrogen (secondary N) is 1. The molecule has 2 rings (SSSR count). The second-order valence-corrected chi connectivity index (χ2v) is 2.87. The topological polar surface area (TPSA) is 38.0 Å². The third-order valence-electron chi connectivity index (χ3n) is 2.13. The Kier molecular flexibility index (Phi) is 0.682. The summed E-state index contributed by atoms with van der Waals surface area (Å²) in [4.78, 5) is 0. The predicted molar refractivity (Wildman–Crippen MR) is 36.4 cm³/mol. The SMILES string of the molecule is C=C1NC=CC2(N)CC12. The Morgan fingerprint density at radius 1 is 1.89 bits per heavy atom. The van der Waals surface area contributed by atoms with Crippen LogP contribution in [-0.4, -0.2) is 5.54 Å². The maximum atomic E-state index is 5.85. The third kappa shape index (κ3) is 0.537. The van der Waals surface area contributed by atoms with Crippen molar-refractivity contribution >= 4 is 0 Å². The van der Waals surface area contributed by atoms with E-state index in [1.807, 2.05) is 12.3 Å². The standard InChI is InChI=1S/C7H10N2/c1-5-6-4-7(6,8)2-3-9-5/h2-3,6,9H,1,4,8H2. The third-order valence-corrected chi connectivity index (χ3v) is 2.13. The first kappa shape index (κ1) is 5.06. The van der Waals surface area contributed by atoms with E-state index in [4.69, 9.17) is 5.73 Å². The Bertz CT molecular complexity index is 195. The average Bonchev–Trinajstić information content (AvgIpc) is 2.43. The summed E-state index contributed by atoms with van der Waals surface area (Å²) in [5, 5.41) is 3.04. The summed E-state index contributed by atoms with van der Waals surface area (Å²) in [6.45, 7) is 3.84. The highest BCUT2D eigenvalue weighted by atomic mass is 15.0. The van der Waals surface area contributed by atoms with Gasteiger partial charge in [0.15, 0.2) is 0 Å². The van der Waals surface area contributed by atoms with Gasteiger partial charge in [-0.05, 0) is 18.7 Å². The Labute approximate surface area is 54.4 Å². The fourth-order valence-corrected chi connectivity index (χ4v) is 1.33. The molecule has 0 aromatic heterocycles. The summed E-state index contributed by atoms with van der Waals surface area (Å²) in [7, 11) is 0. The van der Waals surface area contributed by atoms with E-state index in [1.165, 1.54) is 0 Å². The minimum absolute atomic E-state index is 0.0255. The van der Waals surface area contributed by atoms with Gasteiger partial charge in [-0.2, -0.15) is 0 Å². The van der Waals surface area contributed by atoms with E-state index in [1.54, 1.807) is 0 Å². The van der Waals surface area contributed by atoms with Crippen molar-refractivity contribution in [3.05, 3.63) is 24.6 Å². The maximum Gasteiger partial charge on any atom is 0.0447 e. The van der Waals surface area contributed by atoms with Crippen LogP contribution < -0.4 is 11.1 Å². The maximum absolute atomic E-state index is 5.85. The lowest BCUT2D eigenvalue weighted by Gasteiger charge is -2.13. The lowest BCUT2D eigenvalue weighted by atomic mass is 10.1. The molecule has 3 N–H and O–H groups in total. The van der Waals surface area contributed by atoms with Crippen LogP contribution >= 0.6 is 0 Å². The number of hydrogen-bond donors (Lipinski definition) is 2. The zero-order chi connectivity index (χ0) is 6.48. The molecule has 1 aliphatic carbocycles. The first-order chi connectivity index (χ1) is 4.22. The van der Waals surface area contributed by atoms with E-state index in [2.05, 4.69) is 11.9 Å². The summed E-state index contributed by atoms with van der Waals surface area (Å²) >= 11 is 0. The van der Waals surface area contributed by atoms with E-state index in [0.717, 1.165) is 12.1 Å². The molecule has 0 radical (unpaired) electrons. The first-order valence-corrected chi connectivity index (χ1v) is 3.14. The molecule has 2 nitrogen and oxygen atoms in total. The molecule has 1 heterocycles. The van der Waals surface area contributed by atoms with Crippen molar-refractivity contribution in [2.24, 2.45) is 11.7 Å². The van der Waals surface area contributed by atoms with Crippen LogP contribution in [0.3, 0.4) is 0 Å². The molecule has 1 aliphatic heterocycles. The van der Waals surface area contributed by atoms with Gasteiger partial charge in [-0.1, -0.05) is 6.58 Å². The minimum atomic E-state index is -0.0255. The van der Waals surface area contributed by atoms with Gasteiger partial charge in [0.1, 0.15) is 0 Å². The van der Waals surface area contributed by atoms with Gasteiger partial charge < -0.3 is 11.1 Å². The van der Waals surface area contributed by atoms with Crippen LogP contribution in [0.5, 0.6) is 0 Å². The van der Waals surface area contributed by atoms with Crippen molar-refractivity contribution in [1.29, 1.82) is 0 Å². The van der Waals surface area contributed by atoms with E-state index >= 15 is 0 Å². The first-order valence-electron chi connectivity index (χ1n) is 3.14. The molecule has 0 bridgehead atoms. The largest absolute Gasteiger partial charge is 0.365 e. The molecule has 0 aromatic rings. The molecular formula is C7H10N2. The second-order valence-electron chi connectivity index (χ2n) is 2.87. The predicted octanol–water partition coefficient (Wildman–Crippen LogP) is 0.334.